The molecule has 1 amide bonds. The van der Waals surface area contributed by atoms with Gasteiger partial charge in [-0.1, -0.05) is 0 Å². The number of aromatic nitrogens is 2. The van der Waals surface area contributed by atoms with Crippen molar-refractivity contribution < 1.29 is 4.79 Å². The van der Waals surface area contributed by atoms with E-state index in [4.69, 9.17) is 5.73 Å². The van der Waals surface area contributed by atoms with Crippen LogP contribution in [0.25, 0.3) is 0 Å². The molecule has 0 bridgehead atoms. The lowest BCUT2D eigenvalue weighted by molar-refractivity contribution is 0.0999. The third-order valence-corrected chi connectivity index (χ3v) is 1.18. The Balaban J connectivity index is 3.12. The molecule has 4 nitrogen and oxygen atoms in total. The summed E-state index contributed by atoms with van der Waals surface area (Å²) in [6.45, 7) is 0. The number of nitrogens with zero attached hydrogens (tertiary/aromatic N) is 1. The van der Waals surface area contributed by atoms with Crippen molar-refractivity contribution in [3.63, 3.8) is 0 Å². The third-order valence-electron chi connectivity index (χ3n) is 0.957. The van der Waals surface area contributed by atoms with Crippen LogP contribution in [-0.4, -0.2) is 15.9 Å². The molecule has 5 heteroatoms. The van der Waals surface area contributed by atoms with E-state index in [2.05, 4.69) is 22.2 Å². The number of nitrogens with one attached hydrogen (secondary N) is 1. The molecule has 0 aromatic carbocycles. The van der Waals surface area contributed by atoms with E-state index in [-0.39, 0.29) is 0 Å². The van der Waals surface area contributed by atoms with Gasteiger partial charge in [-0.3, -0.25) is 4.79 Å². The third kappa shape index (κ3) is 1.38. The maximum Gasteiger partial charge on any atom is 0.251 e. The molecular formula is C5H5N3OS. The van der Waals surface area contributed by atoms with E-state index >= 15 is 0 Å². The number of primary amides is 1. The van der Waals surface area contributed by atoms with Crippen molar-refractivity contribution in [1.29, 1.82) is 0 Å². The van der Waals surface area contributed by atoms with Crippen LogP contribution in [0.3, 0.4) is 0 Å². The number of hydrogen-bond donors (Lipinski definition) is 2. The second-order valence-electron chi connectivity index (χ2n) is 1.67. The number of carbonyl (C=O) groups is 1. The Hall–Kier alpha value is -1.23. The molecule has 0 spiro atoms. The van der Waals surface area contributed by atoms with Gasteiger partial charge in [-0.2, -0.15) is 0 Å². The molecule has 52 valence electrons. The molecule has 0 radical (unpaired) electrons. The van der Waals surface area contributed by atoms with E-state index in [9.17, 15) is 4.79 Å². The van der Waals surface area contributed by atoms with Crippen molar-refractivity contribution in [3.8, 4) is 0 Å². The van der Waals surface area contributed by atoms with Crippen molar-refractivity contribution in [3.05, 3.63) is 22.7 Å². The molecule has 1 heterocycles. The maximum absolute atomic E-state index is 10.4. The monoisotopic (exact) mass is 155 g/mol. The van der Waals surface area contributed by atoms with Gasteiger partial charge in [0.25, 0.3) is 5.91 Å². The summed E-state index contributed by atoms with van der Waals surface area (Å²) in [5.74, 6) is -0.515. The summed E-state index contributed by atoms with van der Waals surface area (Å²) in [5.41, 5.74) is 5.26. The van der Waals surface area contributed by atoms with Gasteiger partial charge in [-0.05, 0) is 12.2 Å². The molecule has 3 N–H and O–H groups in total. The predicted octanol–water partition coefficient (Wildman–Crippen LogP) is 0.238. The van der Waals surface area contributed by atoms with Gasteiger partial charge >= 0.3 is 0 Å². The topological polar surface area (TPSA) is 71.8 Å². The first-order valence-corrected chi connectivity index (χ1v) is 2.95. The normalized spacial score (nSPS) is 9.20. The number of amides is 1. The number of hydrogen-bond acceptors (Lipinski definition) is 3. The molecule has 0 aliphatic rings. The van der Waals surface area contributed by atoms with Crippen LogP contribution in [-0.2, 0) is 0 Å². The lowest BCUT2D eigenvalue weighted by atomic mass is 10.3. The Bertz CT molecular complexity index is 286. The van der Waals surface area contributed by atoms with Crippen LogP contribution in [0.4, 0.5) is 0 Å². The molecule has 0 atom stereocenters. The quantitative estimate of drug-likeness (QED) is 0.570. The molecule has 1 aromatic heterocycles. The largest absolute Gasteiger partial charge is 0.366 e. The van der Waals surface area contributed by atoms with Gasteiger partial charge in [0.05, 0.1) is 5.56 Å². The second kappa shape index (κ2) is 2.57. The zero-order valence-electron chi connectivity index (χ0n) is 5.00. The highest BCUT2D eigenvalue weighted by atomic mass is 32.1. The number of aromatic amines is 1. The molecule has 0 aliphatic carbocycles. The lowest BCUT2D eigenvalue weighted by Gasteiger charge is -1.90. The first kappa shape index (κ1) is 6.88. The van der Waals surface area contributed by atoms with Crippen molar-refractivity contribution in [2.24, 2.45) is 5.73 Å². The fraction of sp³-hybridized carbons (Fsp3) is 0. The highest BCUT2D eigenvalue weighted by Crippen LogP contribution is 1.90. The summed E-state index contributed by atoms with van der Waals surface area (Å²) >= 11 is 4.64. The molecule has 0 aliphatic heterocycles. The highest BCUT2D eigenvalue weighted by Gasteiger charge is 1.96. The van der Waals surface area contributed by atoms with Crippen LogP contribution in [0, 0.1) is 4.77 Å². The summed E-state index contributed by atoms with van der Waals surface area (Å²) in [6.07, 6.45) is 2.76. The average molecular weight is 155 g/mol. The second-order valence-corrected chi connectivity index (χ2v) is 2.06. The van der Waals surface area contributed by atoms with Crippen LogP contribution in [0.15, 0.2) is 12.4 Å². The van der Waals surface area contributed by atoms with E-state index in [0.717, 1.165) is 0 Å². The number of H-pyrrole nitrogens is 1. The van der Waals surface area contributed by atoms with Gasteiger partial charge in [0.2, 0.25) is 0 Å². The summed E-state index contributed by atoms with van der Waals surface area (Å²) in [4.78, 5) is 16.7. The number of nitrogens with two attached hydrogens (primary N) is 1. The fourth-order valence-electron chi connectivity index (χ4n) is 0.477. The standard InChI is InChI=1S/C5H5N3OS/c6-4(9)3-1-7-5(10)8-2-3/h1-2H,(H2,6,9)(H,7,8,10). The van der Waals surface area contributed by atoms with E-state index in [0.29, 0.717) is 10.3 Å². The maximum atomic E-state index is 10.4. The molecule has 0 fully saturated rings. The Morgan fingerprint density at radius 2 is 2.50 bits per heavy atom. The summed E-state index contributed by atoms with van der Waals surface area (Å²) < 4.78 is 0.338. The Morgan fingerprint density at radius 1 is 1.80 bits per heavy atom. The molecule has 10 heavy (non-hydrogen) atoms. The lowest BCUT2D eigenvalue weighted by Crippen LogP contribution is -2.11. The van der Waals surface area contributed by atoms with Gasteiger partial charge in [-0.15, -0.1) is 0 Å². The molecule has 1 rings (SSSR count). The number of carbonyl (C=O) groups excluding carboxylic acids is 1. The van der Waals surface area contributed by atoms with Gasteiger partial charge < -0.3 is 10.7 Å². The highest BCUT2D eigenvalue weighted by molar-refractivity contribution is 7.71. The Morgan fingerprint density at radius 3 is 2.90 bits per heavy atom. The smallest absolute Gasteiger partial charge is 0.251 e. The Labute approximate surface area is 62.1 Å². The average Bonchev–Trinajstić information content (AvgIpc) is 1.88. The first-order chi connectivity index (χ1) is 4.70. The van der Waals surface area contributed by atoms with Gasteiger partial charge in [0, 0.05) is 12.4 Å². The van der Waals surface area contributed by atoms with Crippen LogP contribution in [0.2, 0.25) is 0 Å². The number of rotatable bonds is 1. The summed E-state index contributed by atoms with van der Waals surface area (Å²) in [7, 11) is 0. The van der Waals surface area contributed by atoms with Crippen LogP contribution in [0.5, 0.6) is 0 Å². The minimum absolute atomic E-state index is 0.327. The van der Waals surface area contributed by atoms with Gasteiger partial charge in [0.1, 0.15) is 0 Å². The van der Waals surface area contributed by atoms with E-state index in [1.54, 1.807) is 0 Å². The van der Waals surface area contributed by atoms with E-state index in [1.165, 1.54) is 12.4 Å². The summed E-state index contributed by atoms with van der Waals surface area (Å²) in [5, 5.41) is 0. The molecule has 0 saturated heterocycles. The Kier molecular flexibility index (Phi) is 1.77. The van der Waals surface area contributed by atoms with Gasteiger partial charge in [0.15, 0.2) is 4.77 Å². The van der Waals surface area contributed by atoms with Crippen molar-refractivity contribution in [1.82, 2.24) is 9.97 Å². The van der Waals surface area contributed by atoms with E-state index in [1.807, 2.05) is 0 Å². The van der Waals surface area contributed by atoms with Crippen LogP contribution < -0.4 is 5.73 Å². The van der Waals surface area contributed by atoms with Crippen LogP contribution >= 0.6 is 12.2 Å². The molecule has 0 saturated carbocycles. The fourth-order valence-corrected chi connectivity index (χ4v) is 0.589. The molecule has 1 aromatic rings. The zero-order valence-corrected chi connectivity index (χ0v) is 5.81. The predicted molar refractivity (Wildman–Crippen MR) is 37.9 cm³/mol. The van der Waals surface area contributed by atoms with Crippen molar-refractivity contribution >= 4 is 18.1 Å². The first-order valence-electron chi connectivity index (χ1n) is 2.54. The molecule has 0 unspecified atom stereocenters. The SMILES string of the molecule is NC(=O)c1cnc(=S)[nH]c1. The minimum Gasteiger partial charge on any atom is -0.366 e. The molecular weight excluding hydrogens is 150 g/mol. The van der Waals surface area contributed by atoms with Crippen LogP contribution in [0.1, 0.15) is 10.4 Å². The van der Waals surface area contributed by atoms with Gasteiger partial charge in [-0.25, -0.2) is 4.98 Å². The summed E-state index contributed by atoms with van der Waals surface area (Å²) in [6, 6.07) is 0. The zero-order chi connectivity index (χ0) is 7.56. The van der Waals surface area contributed by atoms with Crippen molar-refractivity contribution in [2.75, 3.05) is 0 Å². The van der Waals surface area contributed by atoms with Crippen molar-refractivity contribution in [2.45, 2.75) is 0 Å². The van der Waals surface area contributed by atoms with E-state index < -0.39 is 5.91 Å². The minimum atomic E-state index is -0.515.